The predicted octanol–water partition coefficient (Wildman–Crippen LogP) is 16.5. The number of hydrogen-bond donors (Lipinski definition) is 0. The fourth-order valence-electron chi connectivity index (χ4n) is 7.26. The van der Waals surface area contributed by atoms with Crippen molar-refractivity contribution in [2.24, 2.45) is 0 Å². The molecule has 0 aliphatic rings. The van der Waals surface area contributed by atoms with E-state index in [1.54, 1.807) is 0 Å². The summed E-state index contributed by atoms with van der Waals surface area (Å²) in [4.78, 5) is 37.8. The number of rotatable bonds is 46. The number of carbonyl (C=O) groups is 3. The third kappa shape index (κ3) is 46.5. The lowest BCUT2D eigenvalue weighted by Gasteiger charge is -2.18. The van der Waals surface area contributed by atoms with Gasteiger partial charge < -0.3 is 14.2 Å². The van der Waals surface area contributed by atoms with Gasteiger partial charge in [0.15, 0.2) is 6.10 Å². The van der Waals surface area contributed by atoms with Crippen molar-refractivity contribution >= 4 is 17.9 Å². The van der Waals surface area contributed by atoms with Crippen LogP contribution in [-0.2, 0) is 28.6 Å². The fourth-order valence-corrected chi connectivity index (χ4v) is 7.26. The van der Waals surface area contributed by atoms with Gasteiger partial charge in [-0.15, -0.1) is 0 Å². The summed E-state index contributed by atoms with van der Waals surface area (Å²) in [5, 5.41) is 0. The zero-order valence-electron chi connectivity index (χ0n) is 39.3. The maximum Gasteiger partial charge on any atom is 0.306 e. The van der Waals surface area contributed by atoms with Gasteiger partial charge >= 0.3 is 17.9 Å². The molecule has 0 bridgehead atoms. The molecule has 0 fully saturated rings. The molecule has 344 valence electrons. The molecule has 0 spiro atoms. The van der Waals surface area contributed by atoms with Crippen LogP contribution in [0, 0.1) is 0 Å². The van der Waals surface area contributed by atoms with Crippen LogP contribution in [0.1, 0.15) is 265 Å². The Hall–Kier alpha value is -2.37. The number of carbonyl (C=O) groups excluding carboxylic acids is 3. The first-order chi connectivity index (χ1) is 29.0. The van der Waals surface area contributed by atoms with Gasteiger partial charge in [-0.25, -0.2) is 0 Å². The normalized spacial score (nSPS) is 12.3. The molecule has 0 aromatic carbocycles. The zero-order chi connectivity index (χ0) is 43.0. The van der Waals surface area contributed by atoms with E-state index in [1.807, 2.05) is 0 Å². The van der Waals surface area contributed by atoms with Gasteiger partial charge in [-0.05, 0) is 64.2 Å². The number of unbranched alkanes of at least 4 members (excludes halogenated alkanes) is 30. The molecule has 0 aliphatic carbocycles. The molecule has 0 radical (unpaired) electrons. The molecule has 0 saturated carbocycles. The minimum Gasteiger partial charge on any atom is -0.462 e. The van der Waals surface area contributed by atoms with E-state index in [0.29, 0.717) is 19.3 Å². The highest BCUT2D eigenvalue weighted by atomic mass is 16.6. The number of esters is 3. The van der Waals surface area contributed by atoms with Crippen LogP contribution in [0.5, 0.6) is 0 Å². The van der Waals surface area contributed by atoms with Gasteiger partial charge in [0.2, 0.25) is 0 Å². The van der Waals surface area contributed by atoms with E-state index in [-0.39, 0.29) is 31.1 Å². The fraction of sp³-hybridized carbons (Fsp3) is 0.830. The topological polar surface area (TPSA) is 78.9 Å². The van der Waals surface area contributed by atoms with Crippen molar-refractivity contribution in [1.29, 1.82) is 0 Å². The van der Waals surface area contributed by atoms with Crippen molar-refractivity contribution in [3.05, 3.63) is 36.5 Å². The van der Waals surface area contributed by atoms with Crippen molar-refractivity contribution in [3.8, 4) is 0 Å². The average Bonchev–Trinajstić information content (AvgIpc) is 3.23. The lowest BCUT2D eigenvalue weighted by Crippen LogP contribution is -2.30. The molecule has 0 aliphatic heterocycles. The molecule has 0 aromatic heterocycles. The minimum atomic E-state index is -0.779. The van der Waals surface area contributed by atoms with Crippen LogP contribution in [0.3, 0.4) is 0 Å². The summed E-state index contributed by atoms with van der Waals surface area (Å²) in [6, 6.07) is 0. The lowest BCUT2D eigenvalue weighted by atomic mass is 10.0. The van der Waals surface area contributed by atoms with Crippen LogP contribution < -0.4 is 0 Å². The van der Waals surface area contributed by atoms with Crippen molar-refractivity contribution < 1.29 is 28.6 Å². The second kappa shape index (κ2) is 48.3. The van der Waals surface area contributed by atoms with Crippen LogP contribution >= 0.6 is 0 Å². The van der Waals surface area contributed by atoms with Gasteiger partial charge in [0.1, 0.15) is 13.2 Å². The van der Waals surface area contributed by atoms with Gasteiger partial charge in [-0.1, -0.05) is 218 Å². The van der Waals surface area contributed by atoms with E-state index in [4.69, 9.17) is 14.2 Å². The van der Waals surface area contributed by atoms with Gasteiger partial charge in [0.25, 0.3) is 0 Å². The molecular weight excluding hydrogens is 733 g/mol. The van der Waals surface area contributed by atoms with E-state index < -0.39 is 6.10 Å². The van der Waals surface area contributed by atoms with Gasteiger partial charge in [0.05, 0.1) is 0 Å². The standard InChI is InChI=1S/C53H96O6/c1-4-7-10-13-16-19-21-23-24-25-26-27-28-30-31-34-37-40-43-46-52(55)58-49-50(48-57-51(54)45-42-39-36-33-18-15-12-9-6-3)59-53(56)47-44-41-38-35-32-29-22-20-17-14-11-8-5-2/h16,19,21,23,33,36,50H,4-15,17-18,20,22,24-32,34-35,37-49H2,1-3H3/b19-16-,23-21-,36-33-. The summed E-state index contributed by atoms with van der Waals surface area (Å²) < 4.78 is 16.7. The Balaban J connectivity index is 4.28. The Kier molecular flexibility index (Phi) is 46.4. The summed E-state index contributed by atoms with van der Waals surface area (Å²) in [6.45, 7) is 6.56. The molecule has 0 aromatic rings. The van der Waals surface area contributed by atoms with E-state index in [1.165, 1.54) is 167 Å². The van der Waals surface area contributed by atoms with Crippen LogP contribution in [-0.4, -0.2) is 37.2 Å². The van der Waals surface area contributed by atoms with E-state index >= 15 is 0 Å². The third-order valence-corrected chi connectivity index (χ3v) is 11.1. The molecule has 6 nitrogen and oxygen atoms in total. The third-order valence-electron chi connectivity index (χ3n) is 11.1. The molecule has 6 heteroatoms. The number of hydrogen-bond acceptors (Lipinski definition) is 6. The SMILES string of the molecule is CCCCC/C=C\C=C/CCCCCCCCCCCCC(=O)OCC(COC(=O)CCC/C=C\CCCCCC)OC(=O)CCCCCCCCCCCCCCC. The minimum absolute atomic E-state index is 0.0797. The van der Waals surface area contributed by atoms with Crippen LogP contribution in [0.4, 0.5) is 0 Å². The Morgan fingerprint density at radius 2 is 0.627 bits per heavy atom. The highest BCUT2D eigenvalue weighted by Gasteiger charge is 2.19. The van der Waals surface area contributed by atoms with Crippen molar-refractivity contribution in [2.75, 3.05) is 13.2 Å². The summed E-state index contributed by atoms with van der Waals surface area (Å²) in [6.07, 6.45) is 55.6. The molecule has 0 N–H and O–H groups in total. The zero-order valence-corrected chi connectivity index (χ0v) is 39.3. The van der Waals surface area contributed by atoms with E-state index in [9.17, 15) is 14.4 Å². The summed E-state index contributed by atoms with van der Waals surface area (Å²) in [5.74, 6) is -0.911. The molecule has 0 amide bonds. The molecular formula is C53H96O6. The molecule has 59 heavy (non-hydrogen) atoms. The maximum absolute atomic E-state index is 12.7. The van der Waals surface area contributed by atoms with E-state index in [2.05, 4.69) is 57.2 Å². The quantitative estimate of drug-likeness (QED) is 0.0200. The summed E-state index contributed by atoms with van der Waals surface area (Å²) in [5.41, 5.74) is 0. The summed E-state index contributed by atoms with van der Waals surface area (Å²) in [7, 11) is 0. The van der Waals surface area contributed by atoms with Gasteiger partial charge in [0, 0.05) is 19.3 Å². The Morgan fingerprint density at radius 3 is 1.07 bits per heavy atom. The molecule has 1 unspecified atom stereocenters. The summed E-state index contributed by atoms with van der Waals surface area (Å²) >= 11 is 0. The predicted molar refractivity (Wildman–Crippen MR) is 252 cm³/mol. The van der Waals surface area contributed by atoms with Crippen molar-refractivity contribution in [3.63, 3.8) is 0 Å². The van der Waals surface area contributed by atoms with Crippen LogP contribution in [0.15, 0.2) is 36.5 Å². The van der Waals surface area contributed by atoms with Gasteiger partial charge in [-0.2, -0.15) is 0 Å². The Morgan fingerprint density at radius 1 is 0.339 bits per heavy atom. The highest BCUT2D eigenvalue weighted by Crippen LogP contribution is 2.15. The lowest BCUT2D eigenvalue weighted by molar-refractivity contribution is -0.167. The van der Waals surface area contributed by atoms with Crippen LogP contribution in [0.25, 0.3) is 0 Å². The highest BCUT2D eigenvalue weighted by molar-refractivity contribution is 5.71. The van der Waals surface area contributed by atoms with Crippen molar-refractivity contribution in [1.82, 2.24) is 0 Å². The van der Waals surface area contributed by atoms with Gasteiger partial charge in [-0.3, -0.25) is 14.4 Å². The van der Waals surface area contributed by atoms with Crippen molar-refractivity contribution in [2.45, 2.75) is 271 Å². The molecule has 1 atom stereocenters. The van der Waals surface area contributed by atoms with Crippen LogP contribution in [0.2, 0.25) is 0 Å². The maximum atomic E-state index is 12.7. The molecule has 0 heterocycles. The smallest absolute Gasteiger partial charge is 0.306 e. The Labute approximate surface area is 365 Å². The average molecular weight is 829 g/mol. The monoisotopic (exact) mass is 829 g/mol. The molecule has 0 rings (SSSR count). The number of ether oxygens (including phenoxy) is 3. The second-order valence-electron chi connectivity index (χ2n) is 17.1. The Bertz CT molecular complexity index is 1000. The first kappa shape index (κ1) is 56.6. The largest absolute Gasteiger partial charge is 0.462 e. The number of allylic oxidation sites excluding steroid dienone is 6. The first-order valence-electron chi connectivity index (χ1n) is 25.5. The molecule has 0 saturated heterocycles. The van der Waals surface area contributed by atoms with E-state index in [0.717, 1.165) is 57.8 Å². The first-order valence-corrected chi connectivity index (χ1v) is 25.5. The second-order valence-corrected chi connectivity index (χ2v) is 17.1.